The molecule has 17 heavy (non-hydrogen) atoms. The first-order chi connectivity index (χ1) is 8.03. The van der Waals surface area contributed by atoms with Crippen LogP contribution in [0, 0.1) is 5.92 Å². The highest BCUT2D eigenvalue weighted by molar-refractivity contribution is 5.42. The van der Waals surface area contributed by atoms with Gasteiger partial charge in [-0.1, -0.05) is 0 Å². The van der Waals surface area contributed by atoms with E-state index in [-0.39, 0.29) is 5.88 Å². The Morgan fingerprint density at radius 1 is 1.35 bits per heavy atom. The number of rotatable bonds is 5. The van der Waals surface area contributed by atoms with Crippen LogP contribution in [0.4, 0.5) is 18.9 Å². The second-order valence-corrected chi connectivity index (χ2v) is 4.11. The number of aromatic nitrogens is 1. The van der Waals surface area contributed by atoms with Crippen molar-refractivity contribution in [2.24, 2.45) is 5.92 Å². The minimum atomic E-state index is -4.33. The molecule has 0 amide bonds. The summed E-state index contributed by atoms with van der Waals surface area (Å²) in [5.74, 6) is 0.718. The molecule has 1 heterocycles. The molecule has 1 aromatic rings. The van der Waals surface area contributed by atoms with Crippen molar-refractivity contribution in [3.8, 4) is 5.88 Å². The summed E-state index contributed by atoms with van der Waals surface area (Å²) in [5, 5.41) is 3.17. The molecular formula is C11H13F3N2O. The zero-order valence-electron chi connectivity index (χ0n) is 9.13. The summed E-state index contributed by atoms with van der Waals surface area (Å²) in [6.45, 7) is -0.417. The molecule has 6 heteroatoms. The van der Waals surface area contributed by atoms with Gasteiger partial charge in [0, 0.05) is 12.6 Å². The van der Waals surface area contributed by atoms with Gasteiger partial charge in [0.05, 0.1) is 11.9 Å². The summed E-state index contributed by atoms with van der Waals surface area (Å²) in [5.41, 5.74) is 0.802. The quantitative estimate of drug-likeness (QED) is 0.867. The molecule has 0 bridgehead atoms. The number of halogens is 3. The third-order valence-electron chi connectivity index (χ3n) is 2.41. The Kier molecular flexibility index (Phi) is 3.40. The molecule has 1 aromatic heterocycles. The highest BCUT2D eigenvalue weighted by Gasteiger charge is 2.28. The van der Waals surface area contributed by atoms with Gasteiger partial charge in [-0.05, 0) is 24.8 Å². The normalized spacial score (nSPS) is 15.7. The van der Waals surface area contributed by atoms with Gasteiger partial charge < -0.3 is 10.1 Å². The van der Waals surface area contributed by atoms with Gasteiger partial charge in [-0.2, -0.15) is 13.2 Å². The molecule has 1 N–H and O–H groups in total. The smallest absolute Gasteiger partial charge is 0.422 e. The van der Waals surface area contributed by atoms with E-state index >= 15 is 0 Å². The SMILES string of the molecule is FC(F)(F)COc1ccc(NCC2CC2)cn1. The van der Waals surface area contributed by atoms with Gasteiger partial charge in [-0.3, -0.25) is 0 Å². The monoisotopic (exact) mass is 246 g/mol. The molecule has 0 saturated heterocycles. The van der Waals surface area contributed by atoms with Crippen LogP contribution in [0.3, 0.4) is 0 Å². The molecule has 1 aliphatic carbocycles. The van der Waals surface area contributed by atoms with Gasteiger partial charge in [0.1, 0.15) is 0 Å². The lowest BCUT2D eigenvalue weighted by Gasteiger charge is -2.09. The molecule has 0 unspecified atom stereocenters. The minimum absolute atomic E-state index is 0.0145. The first kappa shape index (κ1) is 12.0. The predicted octanol–water partition coefficient (Wildman–Crippen LogP) is 2.84. The van der Waals surface area contributed by atoms with Gasteiger partial charge in [0.2, 0.25) is 5.88 Å². The summed E-state index contributed by atoms with van der Waals surface area (Å²) < 4.78 is 40.1. The van der Waals surface area contributed by atoms with Crippen LogP contribution in [0.15, 0.2) is 18.3 Å². The number of hydrogen-bond donors (Lipinski definition) is 1. The summed E-state index contributed by atoms with van der Waals surface area (Å²) in [6.07, 6.45) is -0.362. The number of nitrogens with zero attached hydrogens (tertiary/aromatic N) is 1. The minimum Gasteiger partial charge on any atom is -0.468 e. The van der Waals surface area contributed by atoms with Crippen LogP contribution in [0.25, 0.3) is 0 Å². The molecule has 0 atom stereocenters. The summed E-state index contributed by atoms with van der Waals surface area (Å²) in [6, 6.07) is 3.10. The van der Waals surface area contributed by atoms with Crippen LogP contribution < -0.4 is 10.1 Å². The summed E-state index contributed by atoms with van der Waals surface area (Å²) in [4.78, 5) is 3.80. The molecule has 0 aromatic carbocycles. The lowest BCUT2D eigenvalue weighted by molar-refractivity contribution is -0.154. The zero-order valence-corrected chi connectivity index (χ0v) is 9.13. The number of ether oxygens (including phenoxy) is 1. The fraction of sp³-hybridized carbons (Fsp3) is 0.545. The number of anilines is 1. The predicted molar refractivity (Wildman–Crippen MR) is 57.0 cm³/mol. The standard InChI is InChI=1S/C11H13F3N2O/c12-11(13,14)7-17-10-4-3-9(6-16-10)15-5-8-1-2-8/h3-4,6,8,15H,1-2,5,7H2. The van der Waals surface area contributed by atoms with Crippen molar-refractivity contribution in [3.05, 3.63) is 18.3 Å². The van der Waals surface area contributed by atoms with E-state index in [1.165, 1.54) is 25.1 Å². The molecule has 3 nitrogen and oxygen atoms in total. The van der Waals surface area contributed by atoms with Gasteiger partial charge in [-0.25, -0.2) is 4.98 Å². The third-order valence-corrected chi connectivity index (χ3v) is 2.41. The zero-order chi connectivity index (χ0) is 12.3. The molecule has 0 radical (unpaired) electrons. The Bertz CT molecular complexity index is 360. The second-order valence-electron chi connectivity index (χ2n) is 4.11. The van der Waals surface area contributed by atoms with E-state index < -0.39 is 12.8 Å². The number of nitrogens with one attached hydrogen (secondary N) is 1. The summed E-state index contributed by atoms with van der Waals surface area (Å²) in [7, 11) is 0. The Hall–Kier alpha value is -1.46. The molecular weight excluding hydrogens is 233 g/mol. The van der Waals surface area contributed by atoms with Crippen molar-refractivity contribution in [2.75, 3.05) is 18.5 Å². The molecule has 1 aliphatic rings. The number of pyridine rings is 1. The van der Waals surface area contributed by atoms with Crippen molar-refractivity contribution in [1.29, 1.82) is 0 Å². The average molecular weight is 246 g/mol. The van der Waals surface area contributed by atoms with Crippen LogP contribution in [0.5, 0.6) is 5.88 Å². The second kappa shape index (κ2) is 4.81. The maximum atomic E-state index is 11.9. The largest absolute Gasteiger partial charge is 0.468 e. The van der Waals surface area contributed by atoms with E-state index in [1.54, 1.807) is 6.07 Å². The number of alkyl halides is 3. The van der Waals surface area contributed by atoms with E-state index in [0.717, 1.165) is 18.2 Å². The Morgan fingerprint density at radius 2 is 2.12 bits per heavy atom. The maximum Gasteiger partial charge on any atom is 0.422 e. The van der Waals surface area contributed by atoms with Crippen molar-refractivity contribution >= 4 is 5.69 Å². The van der Waals surface area contributed by atoms with E-state index in [9.17, 15) is 13.2 Å². The van der Waals surface area contributed by atoms with Gasteiger partial charge in [0.25, 0.3) is 0 Å². The Morgan fingerprint density at radius 3 is 2.65 bits per heavy atom. The van der Waals surface area contributed by atoms with E-state index in [1.807, 2.05) is 0 Å². The topological polar surface area (TPSA) is 34.1 Å². The molecule has 0 aliphatic heterocycles. The van der Waals surface area contributed by atoms with E-state index in [4.69, 9.17) is 0 Å². The van der Waals surface area contributed by atoms with Crippen LogP contribution in [0.1, 0.15) is 12.8 Å². The van der Waals surface area contributed by atoms with Crippen LogP contribution in [-0.4, -0.2) is 24.3 Å². The van der Waals surface area contributed by atoms with Gasteiger partial charge in [-0.15, -0.1) is 0 Å². The van der Waals surface area contributed by atoms with Crippen LogP contribution >= 0.6 is 0 Å². The first-order valence-electron chi connectivity index (χ1n) is 5.42. The highest BCUT2D eigenvalue weighted by Crippen LogP contribution is 2.29. The van der Waals surface area contributed by atoms with E-state index in [0.29, 0.717) is 0 Å². The van der Waals surface area contributed by atoms with Crippen molar-refractivity contribution in [2.45, 2.75) is 19.0 Å². The van der Waals surface area contributed by atoms with Crippen LogP contribution in [0.2, 0.25) is 0 Å². The average Bonchev–Trinajstić information content (AvgIpc) is 3.08. The molecule has 0 spiro atoms. The Balaban J connectivity index is 1.79. The molecule has 94 valence electrons. The van der Waals surface area contributed by atoms with Crippen molar-refractivity contribution < 1.29 is 17.9 Å². The van der Waals surface area contributed by atoms with Gasteiger partial charge in [0.15, 0.2) is 6.61 Å². The fourth-order valence-electron chi connectivity index (χ4n) is 1.31. The molecule has 1 saturated carbocycles. The summed E-state index contributed by atoms with van der Waals surface area (Å²) >= 11 is 0. The maximum absolute atomic E-state index is 11.9. The van der Waals surface area contributed by atoms with Gasteiger partial charge >= 0.3 is 6.18 Å². The fourth-order valence-corrected chi connectivity index (χ4v) is 1.31. The van der Waals surface area contributed by atoms with Crippen LogP contribution in [-0.2, 0) is 0 Å². The lowest BCUT2D eigenvalue weighted by Crippen LogP contribution is -2.19. The Labute approximate surface area is 97.0 Å². The molecule has 2 rings (SSSR count). The van der Waals surface area contributed by atoms with E-state index in [2.05, 4.69) is 15.0 Å². The first-order valence-corrected chi connectivity index (χ1v) is 5.42. The molecule has 1 fully saturated rings. The van der Waals surface area contributed by atoms with Crippen molar-refractivity contribution in [1.82, 2.24) is 4.98 Å². The lowest BCUT2D eigenvalue weighted by atomic mass is 10.3. The third kappa shape index (κ3) is 4.50. The highest BCUT2D eigenvalue weighted by atomic mass is 19.4. The number of hydrogen-bond acceptors (Lipinski definition) is 3. The van der Waals surface area contributed by atoms with Crippen molar-refractivity contribution in [3.63, 3.8) is 0 Å².